The van der Waals surface area contributed by atoms with Crippen LogP contribution in [-0.2, 0) is 4.74 Å². The lowest BCUT2D eigenvalue weighted by Crippen LogP contribution is -2.40. The quantitative estimate of drug-likeness (QED) is 0.455. The number of hydrogen-bond donors (Lipinski definition) is 1. The van der Waals surface area contributed by atoms with Gasteiger partial charge in [0.25, 0.3) is 0 Å². The van der Waals surface area contributed by atoms with E-state index in [9.17, 15) is 0 Å². The van der Waals surface area contributed by atoms with Crippen molar-refractivity contribution in [3.8, 4) is 0 Å². The van der Waals surface area contributed by atoms with Crippen molar-refractivity contribution in [2.24, 2.45) is 0 Å². The highest BCUT2D eigenvalue weighted by Crippen LogP contribution is 2.10. The normalized spacial score (nSPS) is 15.1. The molecule has 0 radical (unpaired) electrons. The van der Waals surface area contributed by atoms with Gasteiger partial charge in [-0.3, -0.25) is 0 Å². The molecule has 0 heterocycles. The van der Waals surface area contributed by atoms with Gasteiger partial charge in [-0.1, -0.05) is 19.9 Å². The van der Waals surface area contributed by atoms with Gasteiger partial charge < -0.3 is 10.1 Å². The van der Waals surface area contributed by atoms with E-state index in [1.54, 1.807) is 7.11 Å². The summed E-state index contributed by atoms with van der Waals surface area (Å²) in [5.41, 5.74) is 0. The number of ether oxygens (including phenoxy) is 1. The molecule has 84 valence electrons. The summed E-state index contributed by atoms with van der Waals surface area (Å²) in [6.07, 6.45) is 6.87. The molecule has 2 atom stereocenters. The second-order valence-electron chi connectivity index (χ2n) is 3.57. The van der Waals surface area contributed by atoms with Crippen LogP contribution in [0.2, 0.25) is 0 Å². The maximum absolute atomic E-state index is 5.46. The molecule has 0 fully saturated rings. The van der Waals surface area contributed by atoms with Crippen molar-refractivity contribution in [1.29, 1.82) is 0 Å². The van der Waals surface area contributed by atoms with E-state index >= 15 is 0 Å². The summed E-state index contributed by atoms with van der Waals surface area (Å²) in [5, 5.41) is 3.48. The van der Waals surface area contributed by atoms with Crippen molar-refractivity contribution >= 4 is 0 Å². The van der Waals surface area contributed by atoms with E-state index in [1.807, 2.05) is 6.08 Å². The minimum absolute atomic E-state index is 0.347. The van der Waals surface area contributed by atoms with Gasteiger partial charge >= 0.3 is 0 Å². The summed E-state index contributed by atoms with van der Waals surface area (Å²) in [4.78, 5) is 0. The Morgan fingerprint density at radius 3 is 2.57 bits per heavy atom. The van der Waals surface area contributed by atoms with Gasteiger partial charge in [0, 0.05) is 13.2 Å². The first kappa shape index (κ1) is 13.7. The molecule has 14 heavy (non-hydrogen) atoms. The summed E-state index contributed by atoms with van der Waals surface area (Å²) in [5.74, 6) is 0. The van der Waals surface area contributed by atoms with Crippen molar-refractivity contribution < 1.29 is 4.74 Å². The number of nitrogens with one attached hydrogen (secondary N) is 1. The van der Waals surface area contributed by atoms with Gasteiger partial charge in [0.05, 0.1) is 6.10 Å². The van der Waals surface area contributed by atoms with E-state index in [-0.39, 0.29) is 0 Å². The third-order valence-corrected chi connectivity index (χ3v) is 2.54. The minimum atomic E-state index is 0.347. The van der Waals surface area contributed by atoms with Crippen LogP contribution in [0.1, 0.15) is 39.5 Å². The number of rotatable bonds is 9. The number of likely N-dealkylation sites (N-methyl/N-ethyl adjacent to an activating group) is 1. The molecule has 0 aliphatic carbocycles. The average molecular weight is 199 g/mol. The van der Waals surface area contributed by atoms with Crippen LogP contribution in [0.3, 0.4) is 0 Å². The van der Waals surface area contributed by atoms with Crippen LogP contribution in [0.5, 0.6) is 0 Å². The average Bonchev–Trinajstić information content (AvgIpc) is 2.20. The van der Waals surface area contributed by atoms with E-state index in [1.165, 1.54) is 12.8 Å². The molecule has 2 unspecified atom stereocenters. The molecule has 0 aromatic carbocycles. The Balaban J connectivity index is 3.90. The summed E-state index contributed by atoms with van der Waals surface area (Å²) in [7, 11) is 1.80. The van der Waals surface area contributed by atoms with Crippen LogP contribution in [0.4, 0.5) is 0 Å². The molecular formula is C12H25NO. The Bertz CT molecular complexity index is 132. The molecule has 0 rings (SSSR count). The van der Waals surface area contributed by atoms with Gasteiger partial charge in [-0.05, 0) is 32.2 Å². The van der Waals surface area contributed by atoms with Gasteiger partial charge in [0.2, 0.25) is 0 Å². The molecule has 1 N–H and O–H groups in total. The molecule has 0 spiro atoms. The third kappa shape index (κ3) is 5.40. The smallest absolute Gasteiger partial charge is 0.0721 e. The van der Waals surface area contributed by atoms with Crippen LogP contribution in [0, 0.1) is 0 Å². The van der Waals surface area contributed by atoms with Gasteiger partial charge in [0.15, 0.2) is 0 Å². The lowest BCUT2D eigenvalue weighted by atomic mass is 10.0. The van der Waals surface area contributed by atoms with Crippen LogP contribution in [-0.4, -0.2) is 25.8 Å². The maximum atomic E-state index is 5.46. The van der Waals surface area contributed by atoms with Crippen LogP contribution >= 0.6 is 0 Å². The molecule has 0 aliphatic heterocycles. The van der Waals surface area contributed by atoms with Crippen LogP contribution in [0.15, 0.2) is 12.7 Å². The van der Waals surface area contributed by atoms with Gasteiger partial charge in [-0.25, -0.2) is 0 Å². The lowest BCUT2D eigenvalue weighted by molar-refractivity contribution is 0.0624. The first-order valence-corrected chi connectivity index (χ1v) is 5.67. The third-order valence-electron chi connectivity index (χ3n) is 2.54. The summed E-state index contributed by atoms with van der Waals surface area (Å²) < 4.78 is 5.46. The largest absolute Gasteiger partial charge is 0.380 e. The lowest BCUT2D eigenvalue weighted by Gasteiger charge is -2.25. The highest BCUT2D eigenvalue weighted by molar-refractivity contribution is 4.77. The molecule has 0 saturated carbocycles. The second kappa shape index (κ2) is 9.22. The first-order chi connectivity index (χ1) is 6.79. The van der Waals surface area contributed by atoms with Gasteiger partial charge in [-0.2, -0.15) is 0 Å². The predicted molar refractivity (Wildman–Crippen MR) is 62.6 cm³/mol. The van der Waals surface area contributed by atoms with Crippen LogP contribution in [0.25, 0.3) is 0 Å². The summed E-state index contributed by atoms with van der Waals surface area (Å²) in [6.45, 7) is 9.06. The fourth-order valence-corrected chi connectivity index (χ4v) is 1.78. The van der Waals surface area contributed by atoms with Crippen molar-refractivity contribution in [1.82, 2.24) is 5.32 Å². The zero-order valence-corrected chi connectivity index (χ0v) is 9.88. The number of hydrogen-bond acceptors (Lipinski definition) is 2. The van der Waals surface area contributed by atoms with Gasteiger partial charge in [0.1, 0.15) is 0 Å². The molecule has 0 saturated heterocycles. The zero-order valence-electron chi connectivity index (χ0n) is 9.88. The molecule has 0 aromatic rings. The van der Waals surface area contributed by atoms with Crippen LogP contribution < -0.4 is 5.32 Å². The standard InChI is InChI=1S/C12H25NO/c1-5-8-9-10-11(13-7-3)12(6-2)14-4/h5,11-13H,1,6-10H2,2-4H3. The molecule has 0 amide bonds. The molecule has 2 nitrogen and oxygen atoms in total. The van der Waals surface area contributed by atoms with Gasteiger partial charge in [-0.15, -0.1) is 6.58 Å². The Morgan fingerprint density at radius 2 is 2.14 bits per heavy atom. The van der Waals surface area contributed by atoms with Crippen molar-refractivity contribution in [3.05, 3.63) is 12.7 Å². The fraction of sp³-hybridized carbons (Fsp3) is 0.833. The molecular weight excluding hydrogens is 174 g/mol. The van der Waals surface area contributed by atoms with E-state index < -0.39 is 0 Å². The van der Waals surface area contributed by atoms with Crippen molar-refractivity contribution in [2.75, 3.05) is 13.7 Å². The van der Waals surface area contributed by atoms with E-state index in [4.69, 9.17) is 4.74 Å². The molecule has 2 heteroatoms. The Morgan fingerprint density at radius 1 is 1.43 bits per heavy atom. The summed E-state index contributed by atoms with van der Waals surface area (Å²) >= 11 is 0. The first-order valence-electron chi connectivity index (χ1n) is 5.67. The second-order valence-corrected chi connectivity index (χ2v) is 3.57. The Labute approximate surface area is 88.7 Å². The highest BCUT2D eigenvalue weighted by atomic mass is 16.5. The predicted octanol–water partition coefficient (Wildman–Crippen LogP) is 2.75. The molecule has 0 aliphatic rings. The Kier molecular flexibility index (Phi) is 9.00. The fourth-order valence-electron chi connectivity index (χ4n) is 1.78. The topological polar surface area (TPSA) is 21.3 Å². The highest BCUT2D eigenvalue weighted by Gasteiger charge is 2.17. The number of methoxy groups -OCH3 is 1. The van der Waals surface area contributed by atoms with Crippen molar-refractivity contribution in [3.63, 3.8) is 0 Å². The molecule has 0 aromatic heterocycles. The summed E-state index contributed by atoms with van der Waals surface area (Å²) in [6, 6.07) is 0.495. The minimum Gasteiger partial charge on any atom is -0.380 e. The monoisotopic (exact) mass is 199 g/mol. The van der Waals surface area contributed by atoms with Crippen molar-refractivity contribution in [2.45, 2.75) is 51.7 Å². The number of unbranched alkanes of at least 4 members (excludes halogenated alkanes) is 1. The zero-order chi connectivity index (χ0) is 10.8. The van der Waals surface area contributed by atoms with E-state index in [0.29, 0.717) is 12.1 Å². The maximum Gasteiger partial charge on any atom is 0.0721 e. The SMILES string of the molecule is C=CCCCC(NCC)C(CC)OC. The number of allylic oxidation sites excluding steroid dienone is 1. The van der Waals surface area contributed by atoms with E-state index in [2.05, 4.69) is 25.7 Å². The Hall–Kier alpha value is -0.340. The molecule has 0 bridgehead atoms. The van der Waals surface area contributed by atoms with E-state index in [0.717, 1.165) is 19.4 Å².